The third kappa shape index (κ3) is 4.31. The molecule has 128 valence electrons. The largest absolute Gasteiger partial charge is 0.340 e. The van der Waals surface area contributed by atoms with Crippen molar-refractivity contribution in [2.45, 2.75) is 40.5 Å². The van der Waals surface area contributed by atoms with Crippen molar-refractivity contribution in [1.82, 2.24) is 14.9 Å². The van der Waals surface area contributed by atoms with E-state index in [1.807, 2.05) is 0 Å². The minimum Gasteiger partial charge on any atom is -0.340 e. The van der Waals surface area contributed by atoms with Gasteiger partial charge in [0.05, 0.1) is 12.4 Å². The van der Waals surface area contributed by atoms with Crippen LogP contribution in [-0.4, -0.2) is 34.4 Å². The fourth-order valence-electron chi connectivity index (χ4n) is 2.70. The van der Waals surface area contributed by atoms with Crippen LogP contribution in [0.15, 0.2) is 24.5 Å². The fourth-order valence-corrected chi connectivity index (χ4v) is 2.70. The van der Waals surface area contributed by atoms with Crippen molar-refractivity contribution < 1.29 is 4.79 Å². The number of aromatic nitrogens is 2. The average Bonchev–Trinajstić information content (AvgIpc) is 2.55. The Hall–Kier alpha value is -2.43. The lowest BCUT2D eigenvalue weighted by atomic mass is 10.1. The number of hydrogen-bond acceptors (Lipinski definition) is 4. The maximum atomic E-state index is 12.3. The molecule has 0 saturated carbocycles. The molecule has 0 saturated heterocycles. The van der Waals surface area contributed by atoms with E-state index >= 15 is 0 Å². The predicted octanol–water partition coefficient (Wildman–Crippen LogP) is 4.02. The van der Waals surface area contributed by atoms with Crippen LogP contribution in [0.25, 0.3) is 0 Å². The molecule has 1 aromatic heterocycles. The molecule has 1 aromatic carbocycles. The average molecular weight is 326 g/mol. The van der Waals surface area contributed by atoms with Gasteiger partial charge in [0, 0.05) is 19.3 Å². The van der Waals surface area contributed by atoms with Crippen molar-refractivity contribution in [3.8, 4) is 0 Å². The van der Waals surface area contributed by atoms with E-state index in [9.17, 15) is 4.79 Å². The van der Waals surface area contributed by atoms with Gasteiger partial charge >= 0.3 is 0 Å². The number of rotatable bonds is 6. The van der Waals surface area contributed by atoms with Crippen LogP contribution in [-0.2, 0) is 0 Å². The SMILES string of the molecule is CCCCN(C)C(=O)c1cnc(Nc2c(C)cc(C)cc2C)cn1. The van der Waals surface area contributed by atoms with Gasteiger partial charge in [0.15, 0.2) is 0 Å². The summed E-state index contributed by atoms with van der Waals surface area (Å²) in [5, 5.41) is 3.30. The molecule has 0 fully saturated rings. The summed E-state index contributed by atoms with van der Waals surface area (Å²) in [4.78, 5) is 22.6. The zero-order valence-corrected chi connectivity index (χ0v) is 15.2. The summed E-state index contributed by atoms with van der Waals surface area (Å²) in [5.41, 5.74) is 4.96. The van der Waals surface area contributed by atoms with E-state index in [0.29, 0.717) is 11.5 Å². The quantitative estimate of drug-likeness (QED) is 0.871. The standard InChI is InChI=1S/C19H26N4O/c1-6-7-8-23(5)19(24)16-11-21-17(12-20-16)22-18-14(3)9-13(2)10-15(18)4/h9-12H,6-8H2,1-5H3,(H,21,22). The fraction of sp³-hybridized carbons (Fsp3) is 0.421. The van der Waals surface area contributed by atoms with E-state index in [-0.39, 0.29) is 5.91 Å². The number of carbonyl (C=O) groups is 1. The second-order valence-corrected chi connectivity index (χ2v) is 6.27. The molecule has 5 heteroatoms. The molecule has 0 aliphatic carbocycles. The van der Waals surface area contributed by atoms with Gasteiger partial charge in [-0.2, -0.15) is 0 Å². The van der Waals surface area contributed by atoms with Gasteiger partial charge < -0.3 is 10.2 Å². The second kappa shape index (κ2) is 7.90. The van der Waals surface area contributed by atoms with Crippen molar-refractivity contribution in [1.29, 1.82) is 0 Å². The van der Waals surface area contributed by atoms with Crippen molar-refractivity contribution in [2.24, 2.45) is 0 Å². The Balaban J connectivity index is 2.11. The lowest BCUT2D eigenvalue weighted by Gasteiger charge is -2.16. The third-order valence-corrected chi connectivity index (χ3v) is 3.99. The molecular weight excluding hydrogens is 300 g/mol. The lowest BCUT2D eigenvalue weighted by molar-refractivity contribution is 0.0787. The van der Waals surface area contributed by atoms with E-state index in [2.05, 4.69) is 55.1 Å². The number of aryl methyl sites for hydroxylation is 3. The van der Waals surface area contributed by atoms with Crippen molar-refractivity contribution in [3.63, 3.8) is 0 Å². The van der Waals surface area contributed by atoms with E-state index < -0.39 is 0 Å². The second-order valence-electron chi connectivity index (χ2n) is 6.27. The summed E-state index contributed by atoms with van der Waals surface area (Å²) >= 11 is 0. The first-order valence-electron chi connectivity index (χ1n) is 8.34. The third-order valence-electron chi connectivity index (χ3n) is 3.99. The van der Waals surface area contributed by atoms with Crippen LogP contribution < -0.4 is 5.32 Å². The molecule has 2 rings (SSSR count). The Kier molecular flexibility index (Phi) is 5.90. The van der Waals surface area contributed by atoms with Crippen LogP contribution in [0.1, 0.15) is 46.9 Å². The Labute approximate surface area is 144 Å². The number of anilines is 2. The zero-order valence-electron chi connectivity index (χ0n) is 15.2. The Morgan fingerprint density at radius 3 is 2.33 bits per heavy atom. The summed E-state index contributed by atoms with van der Waals surface area (Å²) in [6.07, 6.45) is 5.19. The highest BCUT2D eigenvalue weighted by Crippen LogP contribution is 2.24. The first-order chi connectivity index (χ1) is 11.4. The van der Waals surface area contributed by atoms with Gasteiger partial charge in [0.1, 0.15) is 11.5 Å². The monoisotopic (exact) mass is 326 g/mol. The Morgan fingerprint density at radius 2 is 1.79 bits per heavy atom. The van der Waals surface area contributed by atoms with Crippen LogP contribution >= 0.6 is 0 Å². The van der Waals surface area contributed by atoms with Crippen LogP contribution in [0.3, 0.4) is 0 Å². The van der Waals surface area contributed by atoms with Crippen LogP contribution in [0.5, 0.6) is 0 Å². The van der Waals surface area contributed by atoms with Crippen molar-refractivity contribution >= 4 is 17.4 Å². The smallest absolute Gasteiger partial charge is 0.273 e. The van der Waals surface area contributed by atoms with Gasteiger partial charge in [-0.15, -0.1) is 0 Å². The van der Waals surface area contributed by atoms with E-state index in [0.717, 1.165) is 36.2 Å². The zero-order chi connectivity index (χ0) is 17.7. The summed E-state index contributed by atoms with van der Waals surface area (Å²) in [7, 11) is 1.80. The number of unbranched alkanes of at least 4 members (excludes halogenated alkanes) is 1. The molecule has 24 heavy (non-hydrogen) atoms. The van der Waals surface area contributed by atoms with Crippen molar-refractivity contribution in [3.05, 3.63) is 46.9 Å². The number of benzene rings is 1. The van der Waals surface area contributed by atoms with E-state index in [1.165, 1.54) is 11.8 Å². The molecule has 0 unspecified atom stereocenters. The molecule has 1 heterocycles. The maximum Gasteiger partial charge on any atom is 0.273 e. The van der Waals surface area contributed by atoms with E-state index in [4.69, 9.17) is 0 Å². The first-order valence-corrected chi connectivity index (χ1v) is 8.34. The van der Waals surface area contributed by atoms with Gasteiger partial charge in [-0.25, -0.2) is 9.97 Å². The molecule has 1 N–H and O–H groups in total. The first kappa shape index (κ1) is 17.9. The van der Waals surface area contributed by atoms with Gasteiger partial charge in [0.2, 0.25) is 0 Å². The highest BCUT2D eigenvalue weighted by molar-refractivity contribution is 5.91. The van der Waals surface area contributed by atoms with Crippen molar-refractivity contribution in [2.75, 3.05) is 18.9 Å². The summed E-state index contributed by atoms with van der Waals surface area (Å²) < 4.78 is 0. The Bertz CT molecular complexity index is 687. The van der Waals surface area contributed by atoms with Crippen LogP contribution in [0.2, 0.25) is 0 Å². The number of carbonyl (C=O) groups excluding carboxylic acids is 1. The number of nitrogens with zero attached hydrogens (tertiary/aromatic N) is 3. The van der Waals surface area contributed by atoms with Gasteiger partial charge in [-0.1, -0.05) is 31.0 Å². The van der Waals surface area contributed by atoms with Gasteiger partial charge in [0.25, 0.3) is 5.91 Å². The Morgan fingerprint density at radius 1 is 1.12 bits per heavy atom. The minimum absolute atomic E-state index is 0.0924. The summed E-state index contributed by atoms with van der Waals surface area (Å²) in [5.74, 6) is 0.544. The number of amides is 1. The molecule has 0 aliphatic heterocycles. The molecule has 0 aliphatic rings. The molecular formula is C19H26N4O. The highest BCUT2D eigenvalue weighted by Gasteiger charge is 2.13. The molecule has 2 aromatic rings. The van der Waals surface area contributed by atoms with Gasteiger partial charge in [-0.3, -0.25) is 4.79 Å². The predicted molar refractivity (Wildman–Crippen MR) is 97.8 cm³/mol. The minimum atomic E-state index is -0.0924. The van der Waals surface area contributed by atoms with Gasteiger partial charge in [-0.05, 0) is 38.3 Å². The summed E-state index contributed by atoms with van der Waals surface area (Å²) in [6.45, 7) is 9.05. The van der Waals surface area contributed by atoms with Crippen LogP contribution in [0.4, 0.5) is 11.5 Å². The van der Waals surface area contributed by atoms with Crippen LogP contribution in [0, 0.1) is 20.8 Å². The molecule has 0 spiro atoms. The lowest BCUT2D eigenvalue weighted by Crippen LogP contribution is -2.28. The van der Waals surface area contributed by atoms with E-state index in [1.54, 1.807) is 18.1 Å². The topological polar surface area (TPSA) is 58.1 Å². The molecule has 0 atom stereocenters. The summed E-state index contributed by atoms with van der Waals surface area (Å²) in [6, 6.07) is 4.26. The molecule has 0 radical (unpaired) electrons. The number of hydrogen-bond donors (Lipinski definition) is 1. The number of nitrogens with one attached hydrogen (secondary N) is 1. The molecule has 1 amide bonds. The maximum absolute atomic E-state index is 12.3. The highest BCUT2D eigenvalue weighted by atomic mass is 16.2. The molecule has 5 nitrogen and oxygen atoms in total. The normalized spacial score (nSPS) is 10.5. The molecule has 0 bridgehead atoms.